The topological polar surface area (TPSA) is 69.4 Å². The highest BCUT2D eigenvalue weighted by atomic mass is 16.5. The molecule has 0 atom stereocenters. The zero-order valence-electron chi connectivity index (χ0n) is 16.9. The Labute approximate surface area is 164 Å². The maximum atomic E-state index is 9.44. The molecule has 0 N–H and O–H groups in total. The number of ketones is 1. The van der Waals surface area contributed by atoms with Gasteiger partial charge in [-0.05, 0) is 45.9 Å². The lowest BCUT2D eigenvalue weighted by molar-refractivity contribution is -0.114. The smallest absolute Gasteiger partial charge is 0.159 e. The number of hydrogen-bond acceptors (Lipinski definition) is 5. The average molecular weight is 376 g/mol. The molecule has 28 heavy (non-hydrogen) atoms. The number of aliphatic imine (C=N–C) groups is 1. The number of Topliss-reactive ketones (excluding diaryl/α,β-unsaturated/α-hetero) is 1. The predicted molar refractivity (Wildman–Crippen MR) is 110 cm³/mol. The molecule has 1 aliphatic heterocycles. The second kappa shape index (κ2) is 8.17. The summed E-state index contributed by atoms with van der Waals surface area (Å²) in [5.41, 5.74) is 5.33. The fourth-order valence-corrected chi connectivity index (χ4v) is 3.04. The SMILES string of the molecule is CC(C)=O.COc1ccc2c(c1)C(c1ccc(C)cc1)=NCc1nnc(C)n1-2. The number of rotatable bonds is 2. The minimum absolute atomic E-state index is 0.167. The van der Waals surface area contributed by atoms with Crippen molar-refractivity contribution in [3.63, 3.8) is 0 Å². The molecule has 0 radical (unpaired) electrons. The van der Waals surface area contributed by atoms with E-state index >= 15 is 0 Å². The Balaban J connectivity index is 0.000000516. The molecule has 3 aromatic rings. The Kier molecular flexibility index (Phi) is 5.68. The third-order valence-corrected chi connectivity index (χ3v) is 4.30. The molecule has 2 aromatic carbocycles. The van der Waals surface area contributed by atoms with Gasteiger partial charge >= 0.3 is 0 Å². The van der Waals surface area contributed by atoms with Crippen molar-refractivity contribution in [3.05, 3.63) is 70.8 Å². The van der Waals surface area contributed by atoms with Crippen LogP contribution in [0.1, 0.15) is 42.2 Å². The second-order valence-corrected chi connectivity index (χ2v) is 6.82. The van der Waals surface area contributed by atoms with E-state index in [-0.39, 0.29) is 5.78 Å². The molecule has 1 aliphatic rings. The van der Waals surface area contributed by atoms with E-state index in [0.717, 1.165) is 39.9 Å². The van der Waals surface area contributed by atoms with E-state index < -0.39 is 0 Å². The lowest BCUT2D eigenvalue weighted by Gasteiger charge is -2.14. The Hall–Kier alpha value is -3.28. The third kappa shape index (κ3) is 4.01. The predicted octanol–water partition coefficient (Wildman–Crippen LogP) is 3.84. The molecule has 144 valence electrons. The van der Waals surface area contributed by atoms with Crippen LogP contribution in [-0.4, -0.2) is 33.4 Å². The van der Waals surface area contributed by atoms with Crippen LogP contribution < -0.4 is 4.74 Å². The molecule has 2 heterocycles. The number of benzene rings is 2. The van der Waals surface area contributed by atoms with Crippen molar-refractivity contribution in [3.8, 4) is 11.4 Å². The zero-order chi connectivity index (χ0) is 20.3. The minimum Gasteiger partial charge on any atom is -0.497 e. The normalized spacial score (nSPS) is 12.0. The van der Waals surface area contributed by atoms with Crippen LogP contribution in [0.4, 0.5) is 0 Å². The van der Waals surface area contributed by atoms with Crippen LogP contribution in [0.25, 0.3) is 5.69 Å². The number of nitrogens with zero attached hydrogens (tertiary/aromatic N) is 4. The highest BCUT2D eigenvalue weighted by molar-refractivity contribution is 6.15. The van der Waals surface area contributed by atoms with Gasteiger partial charge < -0.3 is 9.53 Å². The van der Waals surface area contributed by atoms with E-state index in [9.17, 15) is 4.79 Å². The fourth-order valence-electron chi connectivity index (χ4n) is 3.04. The molecule has 0 amide bonds. The van der Waals surface area contributed by atoms with Crippen LogP contribution >= 0.6 is 0 Å². The van der Waals surface area contributed by atoms with Gasteiger partial charge in [-0.1, -0.05) is 29.8 Å². The van der Waals surface area contributed by atoms with Gasteiger partial charge in [0.05, 0.1) is 18.5 Å². The fraction of sp³-hybridized carbons (Fsp3) is 0.273. The van der Waals surface area contributed by atoms with E-state index in [1.54, 1.807) is 7.11 Å². The van der Waals surface area contributed by atoms with Crippen LogP contribution in [0.3, 0.4) is 0 Å². The molecule has 6 heteroatoms. The summed E-state index contributed by atoms with van der Waals surface area (Å²) in [5.74, 6) is 2.68. The minimum atomic E-state index is 0.167. The van der Waals surface area contributed by atoms with Gasteiger partial charge in [-0.3, -0.25) is 9.56 Å². The molecule has 6 nitrogen and oxygen atoms in total. The summed E-state index contributed by atoms with van der Waals surface area (Å²) in [6.07, 6.45) is 0. The van der Waals surface area contributed by atoms with Crippen LogP contribution in [0.15, 0.2) is 47.5 Å². The van der Waals surface area contributed by atoms with Crippen LogP contribution in [0, 0.1) is 13.8 Å². The van der Waals surface area contributed by atoms with Crippen LogP contribution in [0.5, 0.6) is 5.75 Å². The largest absolute Gasteiger partial charge is 0.497 e. The quantitative estimate of drug-likeness (QED) is 0.681. The van der Waals surface area contributed by atoms with Crippen molar-refractivity contribution in [2.24, 2.45) is 4.99 Å². The van der Waals surface area contributed by atoms with E-state index in [4.69, 9.17) is 9.73 Å². The lowest BCUT2D eigenvalue weighted by atomic mass is 9.99. The standard InChI is InChI=1S/C19H18N4O.C3H6O/c1-12-4-6-14(7-5-12)19-16-10-15(24-3)8-9-17(16)23-13(2)21-22-18(23)11-20-19;1-3(2)4/h4-10H,11H2,1-3H3;1-2H3. The summed E-state index contributed by atoms with van der Waals surface area (Å²) < 4.78 is 7.50. The van der Waals surface area contributed by atoms with Gasteiger partial charge in [0.2, 0.25) is 0 Å². The van der Waals surface area contributed by atoms with Gasteiger partial charge in [0.15, 0.2) is 5.82 Å². The Morgan fingerprint density at radius 3 is 2.36 bits per heavy atom. The van der Waals surface area contributed by atoms with Crippen LogP contribution in [0.2, 0.25) is 0 Å². The summed E-state index contributed by atoms with van der Waals surface area (Å²) in [5, 5.41) is 8.48. The first-order valence-electron chi connectivity index (χ1n) is 9.09. The van der Waals surface area contributed by atoms with Gasteiger partial charge in [-0.2, -0.15) is 0 Å². The van der Waals surface area contributed by atoms with E-state index in [1.165, 1.54) is 19.4 Å². The number of carbonyl (C=O) groups excluding carboxylic acids is 1. The molecule has 0 fully saturated rings. The first-order chi connectivity index (χ1) is 13.4. The molecular weight excluding hydrogens is 352 g/mol. The number of aryl methyl sites for hydroxylation is 2. The first kappa shape index (κ1) is 19.5. The Morgan fingerprint density at radius 1 is 1.04 bits per heavy atom. The Morgan fingerprint density at radius 2 is 1.71 bits per heavy atom. The van der Waals surface area contributed by atoms with Gasteiger partial charge in [0.25, 0.3) is 0 Å². The molecule has 1 aromatic heterocycles. The molecule has 0 bridgehead atoms. The zero-order valence-corrected chi connectivity index (χ0v) is 16.9. The summed E-state index contributed by atoms with van der Waals surface area (Å²) in [6.45, 7) is 7.60. The average Bonchev–Trinajstić information content (AvgIpc) is 2.94. The van der Waals surface area contributed by atoms with Crippen molar-refractivity contribution in [2.75, 3.05) is 7.11 Å². The van der Waals surface area contributed by atoms with Crippen molar-refractivity contribution < 1.29 is 9.53 Å². The van der Waals surface area contributed by atoms with E-state index in [1.807, 2.05) is 25.1 Å². The molecule has 0 saturated heterocycles. The number of hydrogen-bond donors (Lipinski definition) is 0. The number of aromatic nitrogens is 3. The number of carbonyl (C=O) groups is 1. The maximum Gasteiger partial charge on any atom is 0.159 e. The summed E-state index contributed by atoms with van der Waals surface area (Å²) in [4.78, 5) is 14.3. The summed E-state index contributed by atoms with van der Waals surface area (Å²) in [7, 11) is 1.68. The van der Waals surface area contributed by atoms with Crippen LogP contribution in [-0.2, 0) is 11.3 Å². The molecule has 0 unspecified atom stereocenters. The van der Waals surface area contributed by atoms with Gasteiger partial charge in [0.1, 0.15) is 23.9 Å². The lowest BCUT2D eigenvalue weighted by Crippen LogP contribution is -2.08. The maximum absolute atomic E-state index is 9.44. The van der Waals surface area contributed by atoms with E-state index in [0.29, 0.717) is 6.54 Å². The van der Waals surface area contributed by atoms with Crippen molar-refractivity contribution in [1.82, 2.24) is 14.8 Å². The van der Waals surface area contributed by atoms with E-state index in [2.05, 4.69) is 46.0 Å². The third-order valence-electron chi connectivity index (χ3n) is 4.30. The highest BCUT2D eigenvalue weighted by Crippen LogP contribution is 2.28. The molecule has 0 saturated carbocycles. The molecule has 0 aliphatic carbocycles. The molecule has 4 rings (SSSR count). The number of methoxy groups -OCH3 is 1. The van der Waals surface area contributed by atoms with Crippen molar-refractivity contribution in [1.29, 1.82) is 0 Å². The number of ether oxygens (including phenoxy) is 1. The van der Waals surface area contributed by atoms with Crippen molar-refractivity contribution >= 4 is 11.5 Å². The van der Waals surface area contributed by atoms with Gasteiger partial charge in [-0.25, -0.2) is 0 Å². The molecule has 0 spiro atoms. The second-order valence-electron chi connectivity index (χ2n) is 6.82. The van der Waals surface area contributed by atoms with Gasteiger partial charge in [-0.15, -0.1) is 10.2 Å². The monoisotopic (exact) mass is 376 g/mol. The first-order valence-corrected chi connectivity index (χ1v) is 9.09. The van der Waals surface area contributed by atoms with Crippen molar-refractivity contribution in [2.45, 2.75) is 34.2 Å². The summed E-state index contributed by atoms with van der Waals surface area (Å²) >= 11 is 0. The summed E-state index contributed by atoms with van der Waals surface area (Å²) in [6, 6.07) is 14.5. The van der Waals surface area contributed by atoms with Gasteiger partial charge in [0, 0.05) is 11.1 Å². The highest BCUT2D eigenvalue weighted by Gasteiger charge is 2.22. The Bertz CT molecular complexity index is 1030. The number of fused-ring (bicyclic) bond motifs is 3. The molecular formula is C22H24N4O2.